The lowest BCUT2D eigenvalue weighted by Gasteiger charge is -2.09. The van der Waals surface area contributed by atoms with Crippen LogP contribution in [0.15, 0.2) is 47.6 Å². The zero-order chi connectivity index (χ0) is 17.4. The number of terminal acetylenes is 1. The lowest BCUT2D eigenvalue weighted by Crippen LogP contribution is -1.98. The molecule has 0 atom stereocenters. The van der Waals surface area contributed by atoms with Crippen LogP contribution in [-0.4, -0.2) is 24.9 Å². The summed E-state index contributed by atoms with van der Waals surface area (Å²) in [4.78, 5) is 10.1. The van der Waals surface area contributed by atoms with E-state index in [1.54, 1.807) is 36.5 Å². The molecule has 2 aromatic rings. The quantitative estimate of drug-likeness (QED) is 0.366. The van der Waals surface area contributed by atoms with Crippen molar-refractivity contribution in [3.63, 3.8) is 0 Å². The number of nitro groups is 1. The van der Waals surface area contributed by atoms with Gasteiger partial charge in [-0.1, -0.05) is 5.92 Å². The van der Waals surface area contributed by atoms with Gasteiger partial charge in [0.2, 0.25) is 0 Å². The summed E-state index contributed by atoms with van der Waals surface area (Å²) in [6, 6.07) is 11.3. The second kappa shape index (κ2) is 8.19. The fraction of sp³-hybridized carbons (Fsp3) is 0.118. The molecule has 0 unspecified atom stereocenters. The van der Waals surface area contributed by atoms with Gasteiger partial charge in [-0.05, 0) is 35.9 Å². The van der Waals surface area contributed by atoms with Crippen molar-refractivity contribution in [3.05, 3.63) is 58.1 Å². The third-order valence-electron chi connectivity index (χ3n) is 2.98. The van der Waals surface area contributed by atoms with Gasteiger partial charge in [-0.3, -0.25) is 15.5 Å². The van der Waals surface area contributed by atoms with Gasteiger partial charge in [0.1, 0.15) is 6.61 Å². The normalized spacial score (nSPS) is 10.2. The largest absolute Gasteiger partial charge is 0.493 e. The molecule has 0 aromatic heterocycles. The van der Waals surface area contributed by atoms with Gasteiger partial charge < -0.3 is 9.47 Å². The Morgan fingerprint density at radius 3 is 2.67 bits per heavy atom. The third-order valence-corrected chi connectivity index (χ3v) is 2.98. The SMILES string of the molecule is C#CCOc1ccc(/C=N/Nc2ccc([N+](=O)[O-])cc2)cc1OC. The molecule has 0 aliphatic rings. The average Bonchev–Trinajstić information content (AvgIpc) is 2.60. The Morgan fingerprint density at radius 2 is 2.04 bits per heavy atom. The van der Waals surface area contributed by atoms with E-state index in [4.69, 9.17) is 15.9 Å². The van der Waals surface area contributed by atoms with Crippen LogP contribution >= 0.6 is 0 Å². The highest BCUT2D eigenvalue weighted by Gasteiger charge is 2.05. The summed E-state index contributed by atoms with van der Waals surface area (Å²) in [5.74, 6) is 3.49. The number of nitro benzene ring substituents is 1. The van der Waals surface area contributed by atoms with Crippen molar-refractivity contribution in [2.75, 3.05) is 19.1 Å². The van der Waals surface area contributed by atoms with Crippen LogP contribution < -0.4 is 14.9 Å². The van der Waals surface area contributed by atoms with E-state index < -0.39 is 4.92 Å². The average molecular weight is 325 g/mol. The number of rotatable bonds is 7. The van der Waals surface area contributed by atoms with Crippen LogP contribution in [0.25, 0.3) is 0 Å². The smallest absolute Gasteiger partial charge is 0.269 e. The fourth-order valence-electron chi connectivity index (χ4n) is 1.84. The van der Waals surface area contributed by atoms with Crippen molar-refractivity contribution >= 4 is 17.6 Å². The number of anilines is 1. The minimum absolute atomic E-state index is 0.0248. The van der Waals surface area contributed by atoms with Gasteiger partial charge in [0.05, 0.1) is 23.9 Å². The molecule has 122 valence electrons. The first-order chi connectivity index (χ1) is 11.6. The zero-order valence-electron chi connectivity index (χ0n) is 12.9. The number of benzene rings is 2. The molecule has 0 aliphatic carbocycles. The van der Waals surface area contributed by atoms with Crippen LogP contribution in [0, 0.1) is 22.5 Å². The number of nitrogens with one attached hydrogen (secondary N) is 1. The van der Waals surface area contributed by atoms with Gasteiger partial charge in [0.15, 0.2) is 11.5 Å². The van der Waals surface area contributed by atoms with Crippen LogP contribution in [0.3, 0.4) is 0 Å². The summed E-state index contributed by atoms with van der Waals surface area (Å²) < 4.78 is 10.6. The van der Waals surface area contributed by atoms with E-state index >= 15 is 0 Å². The molecule has 0 saturated carbocycles. The minimum Gasteiger partial charge on any atom is -0.493 e. The van der Waals surface area contributed by atoms with Gasteiger partial charge in [0.25, 0.3) is 5.69 Å². The molecule has 0 heterocycles. The molecule has 24 heavy (non-hydrogen) atoms. The Hall–Kier alpha value is -3.53. The molecule has 1 N–H and O–H groups in total. The van der Waals surface area contributed by atoms with E-state index in [2.05, 4.69) is 16.4 Å². The molecule has 7 nitrogen and oxygen atoms in total. The van der Waals surface area contributed by atoms with Crippen LogP contribution in [0.5, 0.6) is 11.5 Å². The van der Waals surface area contributed by atoms with E-state index in [1.807, 2.05) is 0 Å². The van der Waals surface area contributed by atoms with Crippen LogP contribution in [0.1, 0.15) is 5.56 Å². The molecule has 0 saturated heterocycles. The molecule has 0 amide bonds. The van der Waals surface area contributed by atoms with Crippen molar-refractivity contribution in [3.8, 4) is 23.8 Å². The van der Waals surface area contributed by atoms with Crippen LogP contribution in [0.2, 0.25) is 0 Å². The van der Waals surface area contributed by atoms with E-state index in [9.17, 15) is 10.1 Å². The van der Waals surface area contributed by atoms with E-state index in [0.29, 0.717) is 17.2 Å². The number of hydrogen-bond donors (Lipinski definition) is 1. The van der Waals surface area contributed by atoms with Gasteiger partial charge >= 0.3 is 0 Å². The second-order valence-electron chi connectivity index (χ2n) is 4.58. The lowest BCUT2D eigenvalue weighted by molar-refractivity contribution is -0.384. The zero-order valence-corrected chi connectivity index (χ0v) is 12.9. The van der Waals surface area contributed by atoms with Crippen molar-refractivity contribution < 1.29 is 14.4 Å². The second-order valence-corrected chi connectivity index (χ2v) is 4.58. The monoisotopic (exact) mass is 325 g/mol. The molecule has 0 spiro atoms. The lowest BCUT2D eigenvalue weighted by atomic mass is 10.2. The molecule has 0 radical (unpaired) electrons. The number of ether oxygens (including phenoxy) is 2. The number of hydrogen-bond acceptors (Lipinski definition) is 6. The Morgan fingerprint density at radius 1 is 1.29 bits per heavy atom. The summed E-state index contributed by atoms with van der Waals surface area (Å²) in [5.41, 5.74) is 4.24. The fourth-order valence-corrected chi connectivity index (χ4v) is 1.84. The summed E-state index contributed by atoms with van der Waals surface area (Å²) in [6.45, 7) is 0.158. The molecule has 0 fully saturated rings. The maximum Gasteiger partial charge on any atom is 0.269 e. The summed E-state index contributed by atoms with van der Waals surface area (Å²) >= 11 is 0. The Labute approximate surface area is 139 Å². The maximum absolute atomic E-state index is 10.6. The van der Waals surface area contributed by atoms with Gasteiger partial charge in [-0.2, -0.15) is 5.10 Å². The highest BCUT2D eigenvalue weighted by Crippen LogP contribution is 2.27. The third kappa shape index (κ3) is 4.48. The van der Waals surface area contributed by atoms with Crippen molar-refractivity contribution in [2.45, 2.75) is 0 Å². The summed E-state index contributed by atoms with van der Waals surface area (Å²) in [5, 5.41) is 14.7. The van der Waals surface area contributed by atoms with Gasteiger partial charge in [-0.25, -0.2) is 0 Å². The molecule has 2 rings (SSSR count). The first kappa shape index (κ1) is 16.8. The highest BCUT2D eigenvalue weighted by atomic mass is 16.6. The predicted molar refractivity (Wildman–Crippen MR) is 91.6 cm³/mol. The van der Waals surface area contributed by atoms with E-state index in [0.717, 1.165) is 5.56 Å². The first-order valence-corrected chi connectivity index (χ1v) is 6.92. The van der Waals surface area contributed by atoms with Gasteiger partial charge in [-0.15, -0.1) is 6.42 Å². The summed E-state index contributed by atoms with van der Waals surface area (Å²) in [7, 11) is 1.54. The molecular formula is C17H15N3O4. The maximum atomic E-state index is 10.6. The minimum atomic E-state index is -0.455. The Bertz CT molecular complexity index is 779. The van der Waals surface area contributed by atoms with E-state index in [1.165, 1.54) is 19.2 Å². The molecule has 7 heteroatoms. The molecule has 2 aromatic carbocycles. The van der Waals surface area contributed by atoms with E-state index in [-0.39, 0.29) is 12.3 Å². The number of hydrazone groups is 1. The first-order valence-electron chi connectivity index (χ1n) is 6.92. The van der Waals surface area contributed by atoms with Crippen LogP contribution in [0.4, 0.5) is 11.4 Å². The van der Waals surface area contributed by atoms with Crippen LogP contribution in [-0.2, 0) is 0 Å². The topological polar surface area (TPSA) is 86.0 Å². The predicted octanol–water partition coefficient (Wildman–Crippen LogP) is 3.06. The Balaban J connectivity index is 2.03. The highest BCUT2D eigenvalue weighted by molar-refractivity contribution is 5.81. The molecule has 0 bridgehead atoms. The number of nitrogens with zero attached hydrogens (tertiary/aromatic N) is 2. The standard InChI is InChI=1S/C17H15N3O4/c1-3-10-24-16-9-4-13(11-17(16)23-2)12-18-19-14-5-7-15(8-6-14)20(21)22/h1,4-9,11-12,19H,10H2,2H3/b18-12+. The van der Waals surface area contributed by atoms with Crippen molar-refractivity contribution in [1.82, 2.24) is 0 Å². The van der Waals surface area contributed by atoms with Gasteiger partial charge in [0, 0.05) is 12.1 Å². The number of non-ortho nitro benzene ring substituents is 1. The summed E-state index contributed by atoms with van der Waals surface area (Å²) in [6.07, 6.45) is 6.75. The van der Waals surface area contributed by atoms with Crippen molar-refractivity contribution in [1.29, 1.82) is 0 Å². The van der Waals surface area contributed by atoms with Crippen molar-refractivity contribution in [2.24, 2.45) is 5.10 Å². The molecular weight excluding hydrogens is 310 g/mol. The molecule has 0 aliphatic heterocycles. The number of methoxy groups -OCH3 is 1. The Kier molecular flexibility index (Phi) is 5.75.